The van der Waals surface area contributed by atoms with Crippen LogP contribution in [0.5, 0.6) is 0 Å². The van der Waals surface area contributed by atoms with Gasteiger partial charge in [-0.1, -0.05) is 6.07 Å². The van der Waals surface area contributed by atoms with Crippen molar-refractivity contribution >= 4 is 22.9 Å². The van der Waals surface area contributed by atoms with Crippen LogP contribution >= 0.6 is 11.3 Å². The van der Waals surface area contributed by atoms with E-state index >= 15 is 0 Å². The highest BCUT2D eigenvalue weighted by atomic mass is 32.1. The molecule has 4 rings (SSSR count). The first-order valence-electron chi connectivity index (χ1n) is 8.84. The zero-order chi connectivity index (χ0) is 17.4. The van der Waals surface area contributed by atoms with Gasteiger partial charge in [0.2, 0.25) is 5.91 Å². The van der Waals surface area contributed by atoms with Crippen LogP contribution in [0.15, 0.2) is 24.4 Å². The summed E-state index contributed by atoms with van der Waals surface area (Å²) in [6.45, 7) is 4.51. The SMILES string of the molecule is Cc1cnc(CC(=O)N2CCC(N3CCc4ccc(F)cc43)CC2)s1. The molecule has 1 saturated heterocycles. The highest BCUT2D eigenvalue weighted by Gasteiger charge is 2.31. The van der Waals surface area contributed by atoms with Gasteiger partial charge in [-0.3, -0.25) is 4.79 Å². The molecule has 0 unspecified atom stereocenters. The standard InChI is InChI=1S/C19H22FN3OS/c1-13-12-21-18(25-13)11-19(24)22-7-5-16(6-8-22)23-9-4-14-2-3-15(20)10-17(14)23/h2-3,10,12,16H,4-9,11H2,1H3. The number of anilines is 1. The Morgan fingerprint density at radius 2 is 2.12 bits per heavy atom. The zero-order valence-corrected chi connectivity index (χ0v) is 15.2. The number of halogens is 1. The molecule has 3 heterocycles. The number of rotatable bonds is 3. The lowest BCUT2D eigenvalue weighted by Gasteiger charge is -2.38. The number of nitrogens with zero attached hydrogens (tertiary/aromatic N) is 3. The van der Waals surface area contributed by atoms with Crippen LogP contribution < -0.4 is 4.90 Å². The topological polar surface area (TPSA) is 36.4 Å². The van der Waals surface area contributed by atoms with Crippen molar-refractivity contribution in [1.29, 1.82) is 0 Å². The average Bonchev–Trinajstić information content (AvgIpc) is 3.20. The van der Waals surface area contributed by atoms with Gasteiger partial charge in [0.05, 0.1) is 6.42 Å². The molecule has 0 saturated carbocycles. The van der Waals surface area contributed by atoms with E-state index in [0.717, 1.165) is 54.5 Å². The van der Waals surface area contributed by atoms with Crippen LogP contribution in [0, 0.1) is 12.7 Å². The Morgan fingerprint density at radius 3 is 2.84 bits per heavy atom. The van der Waals surface area contributed by atoms with E-state index in [1.807, 2.05) is 24.1 Å². The van der Waals surface area contributed by atoms with E-state index in [4.69, 9.17) is 0 Å². The molecule has 1 aromatic heterocycles. The van der Waals surface area contributed by atoms with Crippen molar-refractivity contribution in [3.05, 3.63) is 45.7 Å². The number of carbonyl (C=O) groups is 1. The summed E-state index contributed by atoms with van der Waals surface area (Å²) < 4.78 is 13.6. The van der Waals surface area contributed by atoms with Gasteiger partial charge in [0.15, 0.2) is 0 Å². The molecule has 4 nitrogen and oxygen atoms in total. The summed E-state index contributed by atoms with van der Waals surface area (Å²) >= 11 is 1.59. The fourth-order valence-electron chi connectivity index (χ4n) is 3.91. The van der Waals surface area contributed by atoms with Crippen molar-refractivity contribution in [2.45, 2.75) is 38.6 Å². The number of benzene rings is 1. The van der Waals surface area contributed by atoms with E-state index in [9.17, 15) is 9.18 Å². The minimum absolute atomic E-state index is 0.167. The van der Waals surface area contributed by atoms with Crippen LogP contribution in [0.3, 0.4) is 0 Å². The molecule has 1 aromatic carbocycles. The van der Waals surface area contributed by atoms with Crippen molar-refractivity contribution in [2.24, 2.45) is 0 Å². The first-order valence-corrected chi connectivity index (χ1v) is 9.66. The van der Waals surface area contributed by atoms with E-state index in [-0.39, 0.29) is 11.7 Å². The quantitative estimate of drug-likeness (QED) is 0.844. The number of fused-ring (bicyclic) bond motifs is 1. The molecular weight excluding hydrogens is 337 g/mol. The molecule has 132 valence electrons. The molecule has 6 heteroatoms. The molecular formula is C19H22FN3OS. The second-order valence-electron chi connectivity index (χ2n) is 6.87. The van der Waals surface area contributed by atoms with E-state index < -0.39 is 0 Å². The smallest absolute Gasteiger partial charge is 0.229 e. The van der Waals surface area contributed by atoms with Gasteiger partial charge in [-0.15, -0.1) is 11.3 Å². The maximum atomic E-state index is 13.6. The second-order valence-corrected chi connectivity index (χ2v) is 8.19. The monoisotopic (exact) mass is 359 g/mol. The molecule has 1 amide bonds. The van der Waals surface area contributed by atoms with E-state index in [1.165, 1.54) is 5.56 Å². The largest absolute Gasteiger partial charge is 0.368 e. The molecule has 0 spiro atoms. The van der Waals surface area contributed by atoms with Crippen molar-refractivity contribution < 1.29 is 9.18 Å². The molecule has 0 N–H and O–H groups in total. The lowest BCUT2D eigenvalue weighted by atomic mass is 10.0. The van der Waals surface area contributed by atoms with Gasteiger partial charge in [0.25, 0.3) is 0 Å². The second kappa shape index (κ2) is 6.75. The third-order valence-electron chi connectivity index (χ3n) is 5.21. The van der Waals surface area contributed by atoms with Crippen LogP contribution in [0.2, 0.25) is 0 Å². The van der Waals surface area contributed by atoms with Gasteiger partial charge in [-0.05, 0) is 43.9 Å². The molecule has 0 atom stereocenters. The van der Waals surface area contributed by atoms with Gasteiger partial charge in [0, 0.05) is 42.4 Å². The van der Waals surface area contributed by atoms with Gasteiger partial charge in [-0.25, -0.2) is 9.37 Å². The maximum Gasteiger partial charge on any atom is 0.229 e. The minimum atomic E-state index is -0.169. The van der Waals surface area contributed by atoms with E-state index in [0.29, 0.717) is 12.5 Å². The molecule has 25 heavy (non-hydrogen) atoms. The maximum absolute atomic E-state index is 13.6. The van der Waals surface area contributed by atoms with E-state index in [1.54, 1.807) is 23.5 Å². The average molecular weight is 359 g/mol. The molecule has 2 aromatic rings. The Labute approximate surface area is 151 Å². The summed E-state index contributed by atoms with van der Waals surface area (Å²) in [5.41, 5.74) is 2.28. The van der Waals surface area contributed by atoms with Gasteiger partial charge >= 0.3 is 0 Å². The Kier molecular flexibility index (Phi) is 4.46. The molecule has 2 aliphatic rings. The lowest BCUT2D eigenvalue weighted by Crippen LogP contribution is -2.46. The normalized spacial score (nSPS) is 17.8. The zero-order valence-electron chi connectivity index (χ0n) is 14.4. The number of thiazole rings is 1. The lowest BCUT2D eigenvalue weighted by molar-refractivity contribution is -0.131. The summed E-state index contributed by atoms with van der Waals surface area (Å²) in [7, 11) is 0. The number of carbonyl (C=O) groups excluding carboxylic acids is 1. The van der Waals surface area contributed by atoms with Crippen molar-refractivity contribution in [2.75, 3.05) is 24.5 Å². The molecule has 2 aliphatic heterocycles. The third kappa shape index (κ3) is 3.40. The van der Waals surface area contributed by atoms with Crippen LogP contribution in [-0.4, -0.2) is 41.5 Å². The molecule has 0 aliphatic carbocycles. The van der Waals surface area contributed by atoms with Crippen LogP contribution in [0.1, 0.15) is 28.3 Å². The fraction of sp³-hybridized carbons (Fsp3) is 0.474. The molecule has 0 bridgehead atoms. The van der Waals surface area contributed by atoms with Gasteiger partial charge in [-0.2, -0.15) is 0 Å². The van der Waals surface area contributed by atoms with Crippen molar-refractivity contribution in [3.63, 3.8) is 0 Å². The number of hydrogen-bond donors (Lipinski definition) is 0. The Bertz CT molecular complexity index is 783. The molecule has 1 fully saturated rings. The third-order valence-corrected chi connectivity index (χ3v) is 6.12. The number of hydrogen-bond acceptors (Lipinski definition) is 4. The van der Waals surface area contributed by atoms with Crippen LogP contribution in [0.25, 0.3) is 0 Å². The molecule has 0 radical (unpaired) electrons. The van der Waals surface area contributed by atoms with Gasteiger partial charge < -0.3 is 9.80 Å². The number of aryl methyl sites for hydroxylation is 1. The number of piperidine rings is 1. The summed E-state index contributed by atoms with van der Waals surface area (Å²) in [4.78, 5) is 22.2. The number of amides is 1. The van der Waals surface area contributed by atoms with Crippen LogP contribution in [-0.2, 0) is 17.6 Å². The summed E-state index contributed by atoms with van der Waals surface area (Å²) in [5.74, 6) is -0.00216. The first-order chi connectivity index (χ1) is 12.1. The number of likely N-dealkylation sites (tertiary alicyclic amines) is 1. The predicted molar refractivity (Wildman–Crippen MR) is 97.6 cm³/mol. The Balaban J connectivity index is 1.36. The van der Waals surface area contributed by atoms with Crippen molar-refractivity contribution in [3.8, 4) is 0 Å². The Morgan fingerprint density at radius 1 is 1.32 bits per heavy atom. The summed E-state index contributed by atoms with van der Waals surface area (Å²) in [5, 5.41) is 0.897. The predicted octanol–water partition coefficient (Wildman–Crippen LogP) is 3.19. The van der Waals surface area contributed by atoms with Crippen molar-refractivity contribution in [1.82, 2.24) is 9.88 Å². The summed E-state index contributed by atoms with van der Waals surface area (Å²) in [6.07, 6.45) is 5.10. The minimum Gasteiger partial charge on any atom is -0.368 e. The van der Waals surface area contributed by atoms with Gasteiger partial charge in [0.1, 0.15) is 10.8 Å². The van der Waals surface area contributed by atoms with E-state index in [2.05, 4.69) is 9.88 Å². The summed E-state index contributed by atoms with van der Waals surface area (Å²) in [6, 6.07) is 5.50. The number of aromatic nitrogens is 1. The van der Waals surface area contributed by atoms with Crippen LogP contribution in [0.4, 0.5) is 10.1 Å². The fourth-order valence-corrected chi connectivity index (χ4v) is 4.69. The first kappa shape index (κ1) is 16.5. The highest BCUT2D eigenvalue weighted by molar-refractivity contribution is 7.11. The highest BCUT2D eigenvalue weighted by Crippen LogP contribution is 2.33. The Hall–Kier alpha value is -1.95.